The van der Waals surface area contributed by atoms with Crippen molar-refractivity contribution in [3.63, 3.8) is 0 Å². The maximum Gasteiger partial charge on any atom is 0.423 e. The molecule has 1 aliphatic rings. The predicted molar refractivity (Wildman–Crippen MR) is 120 cm³/mol. The van der Waals surface area contributed by atoms with Crippen molar-refractivity contribution >= 4 is 38.9 Å². The molecule has 0 bridgehead atoms. The molecular formula is C25H16N2O3S. The zero-order valence-corrected chi connectivity index (χ0v) is 17.1. The third-order valence-electron chi connectivity index (χ3n) is 5.12. The van der Waals surface area contributed by atoms with Gasteiger partial charge in [-0.2, -0.15) is 4.67 Å². The fourth-order valence-electron chi connectivity index (χ4n) is 3.60. The standard InChI is InChI=1S/C25H16N2O3S/c28-31(29,30)23-16-20(13-12-19(23)11-10-17-6-2-1-3-7-17)25-26-22-15-14-18-8-4-5-9-21(18)24(22)27-25/h1-16H/b11-10+. The number of benzene rings is 4. The summed E-state index contributed by atoms with van der Waals surface area (Å²) in [5, 5.41) is 3.48. The van der Waals surface area contributed by atoms with Crippen LogP contribution in [0.25, 0.3) is 22.9 Å². The quantitative estimate of drug-likeness (QED) is 0.287. The Morgan fingerprint density at radius 3 is 2.42 bits per heavy atom. The van der Waals surface area contributed by atoms with Gasteiger partial charge in [0.05, 0.1) is 15.8 Å². The highest BCUT2D eigenvalue weighted by Gasteiger charge is 2.22. The largest absolute Gasteiger partial charge is 0.744 e. The van der Waals surface area contributed by atoms with Gasteiger partial charge in [-0.25, -0.2) is 8.42 Å². The molecule has 1 aliphatic heterocycles. The molecule has 4 aromatic carbocycles. The summed E-state index contributed by atoms with van der Waals surface area (Å²) < 4.78 is 40.5. The number of amidine groups is 1. The molecule has 6 heteroatoms. The molecule has 0 saturated carbocycles. The van der Waals surface area contributed by atoms with Crippen molar-refractivity contribution in [3.05, 3.63) is 112 Å². The maximum atomic E-state index is 12.0. The lowest BCUT2D eigenvalue weighted by Gasteiger charge is -2.11. The Hall–Kier alpha value is -3.83. The first-order valence-corrected chi connectivity index (χ1v) is 11.1. The zero-order valence-electron chi connectivity index (χ0n) is 16.3. The molecule has 150 valence electrons. The molecule has 5 nitrogen and oxygen atoms in total. The topological polar surface area (TPSA) is 83.7 Å². The third-order valence-corrected chi connectivity index (χ3v) is 6.01. The first-order chi connectivity index (χ1) is 15.0. The van der Waals surface area contributed by atoms with Crippen molar-refractivity contribution in [2.75, 3.05) is 0 Å². The van der Waals surface area contributed by atoms with Crippen molar-refractivity contribution in [2.24, 2.45) is 4.99 Å². The van der Waals surface area contributed by atoms with Crippen molar-refractivity contribution in [1.29, 1.82) is 0 Å². The molecule has 0 aromatic heterocycles. The lowest BCUT2D eigenvalue weighted by molar-refractivity contribution is 0.463. The highest BCUT2D eigenvalue weighted by atomic mass is 32.2. The van der Waals surface area contributed by atoms with Crippen LogP contribution in [0.4, 0.5) is 0 Å². The van der Waals surface area contributed by atoms with Gasteiger partial charge in [-0.05, 0) is 51.8 Å². The van der Waals surface area contributed by atoms with Crippen LogP contribution in [-0.4, -0.2) is 18.8 Å². The molecule has 5 rings (SSSR count). The Bertz CT molecular complexity index is 1630. The summed E-state index contributed by atoms with van der Waals surface area (Å²) in [4.78, 5) is 4.26. The van der Waals surface area contributed by atoms with Crippen molar-refractivity contribution in [2.45, 2.75) is 4.90 Å². The predicted octanol–water partition coefficient (Wildman–Crippen LogP) is 2.68. The van der Waals surface area contributed by atoms with E-state index < -0.39 is 10.1 Å². The second-order valence-corrected chi connectivity index (χ2v) is 8.50. The van der Waals surface area contributed by atoms with Gasteiger partial charge in [0.2, 0.25) is 5.36 Å². The lowest BCUT2D eigenvalue weighted by atomic mass is 10.1. The number of hydrogen-bond acceptors (Lipinski definition) is 4. The van der Waals surface area contributed by atoms with Gasteiger partial charge < -0.3 is 4.55 Å². The first-order valence-electron chi connectivity index (χ1n) is 9.65. The van der Waals surface area contributed by atoms with E-state index in [2.05, 4.69) is 9.66 Å². The van der Waals surface area contributed by atoms with E-state index in [-0.39, 0.29) is 4.90 Å². The molecule has 0 unspecified atom stereocenters. The highest BCUT2D eigenvalue weighted by molar-refractivity contribution is 7.85. The average molecular weight is 424 g/mol. The van der Waals surface area contributed by atoms with Crippen LogP contribution in [0.3, 0.4) is 0 Å². The summed E-state index contributed by atoms with van der Waals surface area (Å²) in [5.41, 5.74) is 1.70. The van der Waals surface area contributed by atoms with E-state index in [9.17, 15) is 13.0 Å². The van der Waals surface area contributed by atoms with Crippen LogP contribution in [-0.2, 0) is 10.1 Å². The van der Waals surface area contributed by atoms with Crippen molar-refractivity contribution in [1.82, 2.24) is 4.67 Å². The molecule has 0 N–H and O–H groups in total. The van der Waals surface area contributed by atoms with Gasteiger partial charge in [-0.15, -0.1) is 0 Å². The molecule has 0 radical (unpaired) electrons. The number of fused-ring (bicyclic) bond motifs is 3. The van der Waals surface area contributed by atoms with E-state index >= 15 is 0 Å². The fourth-order valence-corrected chi connectivity index (χ4v) is 4.30. The highest BCUT2D eigenvalue weighted by Crippen LogP contribution is 2.21. The van der Waals surface area contributed by atoms with Crippen molar-refractivity contribution < 1.29 is 13.0 Å². The molecule has 0 spiro atoms. The van der Waals surface area contributed by atoms with E-state index in [1.165, 1.54) is 6.07 Å². The SMILES string of the molecule is O=S(=O)([O-])c1cc(C2=[N+]=c3c(ccc4ccccc34)=N2)ccc1/C=C/c1ccccc1. The molecule has 0 aliphatic carbocycles. The van der Waals surface area contributed by atoms with Gasteiger partial charge in [0, 0.05) is 0 Å². The van der Waals surface area contributed by atoms with Crippen LogP contribution in [0, 0.1) is 0 Å². The van der Waals surface area contributed by atoms with Gasteiger partial charge in [0.25, 0.3) is 5.36 Å². The van der Waals surface area contributed by atoms with Gasteiger partial charge in [-0.3, -0.25) is 0 Å². The molecule has 0 amide bonds. The van der Waals surface area contributed by atoms with Crippen LogP contribution in [0.15, 0.2) is 94.8 Å². The zero-order chi connectivity index (χ0) is 21.4. The Balaban J connectivity index is 1.65. The van der Waals surface area contributed by atoms with Gasteiger partial charge in [-0.1, -0.05) is 66.7 Å². The summed E-state index contributed by atoms with van der Waals surface area (Å²) in [6.07, 6.45) is 3.39. The number of rotatable bonds is 4. The molecular weight excluding hydrogens is 408 g/mol. The second kappa shape index (κ2) is 7.45. The molecule has 1 heterocycles. The third kappa shape index (κ3) is 3.71. The Labute approximate surface area is 178 Å². The van der Waals surface area contributed by atoms with E-state index in [1.54, 1.807) is 24.3 Å². The summed E-state index contributed by atoms with van der Waals surface area (Å²) >= 11 is 0. The van der Waals surface area contributed by atoms with Crippen LogP contribution in [0.1, 0.15) is 16.7 Å². The number of hydrogen-bond donors (Lipinski definition) is 0. The molecule has 0 saturated heterocycles. The van der Waals surface area contributed by atoms with Crippen LogP contribution >= 0.6 is 0 Å². The summed E-state index contributed by atoms with van der Waals surface area (Å²) in [5.74, 6) is 0.384. The van der Waals surface area contributed by atoms with E-state index in [0.717, 1.165) is 21.7 Å². The van der Waals surface area contributed by atoms with E-state index in [1.807, 2.05) is 66.7 Å². The Morgan fingerprint density at radius 2 is 1.61 bits per heavy atom. The minimum absolute atomic E-state index is 0.295. The monoisotopic (exact) mass is 424 g/mol. The normalized spacial score (nSPS) is 13.0. The molecule has 0 atom stereocenters. The van der Waals surface area contributed by atoms with Crippen LogP contribution in [0.5, 0.6) is 0 Å². The average Bonchev–Trinajstić information content (AvgIpc) is 3.23. The van der Waals surface area contributed by atoms with E-state index in [4.69, 9.17) is 0 Å². The summed E-state index contributed by atoms with van der Waals surface area (Å²) in [6.45, 7) is 0. The minimum Gasteiger partial charge on any atom is -0.744 e. The Morgan fingerprint density at radius 1 is 0.839 bits per heavy atom. The van der Waals surface area contributed by atoms with Crippen molar-refractivity contribution in [3.8, 4) is 0 Å². The lowest BCUT2D eigenvalue weighted by Crippen LogP contribution is -2.24. The van der Waals surface area contributed by atoms with Crippen LogP contribution in [0.2, 0.25) is 0 Å². The molecule has 0 fully saturated rings. The fraction of sp³-hybridized carbons (Fsp3) is 0. The first kappa shape index (κ1) is 19.2. The van der Waals surface area contributed by atoms with Crippen LogP contribution < -0.4 is 15.4 Å². The smallest absolute Gasteiger partial charge is 0.423 e. The molecule has 4 aromatic rings. The van der Waals surface area contributed by atoms with Gasteiger partial charge >= 0.3 is 5.84 Å². The maximum absolute atomic E-state index is 12.0. The summed E-state index contributed by atoms with van der Waals surface area (Å²) in [6, 6.07) is 25.9. The second-order valence-electron chi connectivity index (χ2n) is 7.15. The minimum atomic E-state index is -4.69. The van der Waals surface area contributed by atoms with E-state index in [0.29, 0.717) is 22.3 Å². The van der Waals surface area contributed by atoms with Gasteiger partial charge in [0.1, 0.15) is 10.1 Å². The van der Waals surface area contributed by atoms with Gasteiger partial charge in [0.15, 0.2) is 0 Å². The summed E-state index contributed by atoms with van der Waals surface area (Å²) in [7, 11) is -4.69. The number of nitrogens with zero attached hydrogens (tertiary/aromatic N) is 2. The molecule has 31 heavy (non-hydrogen) atoms. The Kier molecular flexibility index (Phi) is 4.60.